The highest BCUT2D eigenvalue weighted by Gasteiger charge is 2.16. The number of aromatic nitrogens is 1. The molecule has 0 atom stereocenters. The first-order valence-electron chi connectivity index (χ1n) is 6.54. The molecule has 1 aromatic heterocycles. The predicted molar refractivity (Wildman–Crippen MR) is 72.2 cm³/mol. The van der Waals surface area contributed by atoms with Gasteiger partial charge in [-0.2, -0.15) is 0 Å². The molecule has 0 radical (unpaired) electrons. The van der Waals surface area contributed by atoms with Crippen molar-refractivity contribution in [2.24, 2.45) is 0 Å². The number of aromatic carboxylic acids is 1. The van der Waals surface area contributed by atoms with Gasteiger partial charge in [0.15, 0.2) is 11.4 Å². The highest BCUT2D eigenvalue weighted by Crippen LogP contribution is 2.18. The third-order valence-electron chi connectivity index (χ3n) is 2.74. The number of carboxylic acids is 1. The fraction of sp³-hybridized carbons (Fsp3) is 0.500. The third-order valence-corrected chi connectivity index (χ3v) is 2.74. The lowest BCUT2D eigenvalue weighted by Gasteiger charge is -2.07. The second kappa shape index (κ2) is 8.14. The number of unbranched alkanes of at least 4 members (excludes halogenated alkanes) is 3. The summed E-state index contributed by atoms with van der Waals surface area (Å²) in [5.74, 6) is -1.69. The minimum Gasteiger partial charge on any atom is -0.494 e. The van der Waals surface area contributed by atoms with E-state index in [9.17, 15) is 9.59 Å². The first kappa shape index (κ1) is 15.9. The highest BCUT2D eigenvalue weighted by molar-refractivity contribution is 5.93. The normalized spacial score (nSPS) is 10.1. The average Bonchev–Trinajstić information content (AvgIpc) is 2.45. The lowest BCUT2D eigenvalue weighted by Crippen LogP contribution is -2.10. The SMILES string of the molecule is CCCCCCOC(=O)c1cnc(C(=O)O)c(OC)c1. The Morgan fingerprint density at radius 2 is 2.05 bits per heavy atom. The van der Waals surface area contributed by atoms with E-state index < -0.39 is 11.9 Å². The Bertz CT molecular complexity index is 473. The number of carboxylic acid groups (broad SMARTS) is 1. The maximum atomic E-state index is 11.8. The van der Waals surface area contributed by atoms with Crippen LogP contribution in [0.3, 0.4) is 0 Å². The van der Waals surface area contributed by atoms with Gasteiger partial charge in [0.25, 0.3) is 0 Å². The molecular weight excluding hydrogens is 262 g/mol. The first-order valence-corrected chi connectivity index (χ1v) is 6.54. The number of methoxy groups -OCH3 is 1. The molecule has 0 amide bonds. The molecule has 1 heterocycles. The van der Waals surface area contributed by atoms with E-state index in [4.69, 9.17) is 14.6 Å². The van der Waals surface area contributed by atoms with Crippen LogP contribution in [0.25, 0.3) is 0 Å². The summed E-state index contributed by atoms with van der Waals surface area (Å²) >= 11 is 0. The summed E-state index contributed by atoms with van der Waals surface area (Å²) in [6, 6.07) is 1.32. The van der Waals surface area contributed by atoms with E-state index in [1.54, 1.807) is 0 Å². The van der Waals surface area contributed by atoms with E-state index in [1.807, 2.05) is 0 Å². The van der Waals surface area contributed by atoms with E-state index in [0.29, 0.717) is 6.61 Å². The molecule has 0 spiro atoms. The van der Waals surface area contributed by atoms with Crippen LogP contribution < -0.4 is 4.74 Å². The molecule has 110 valence electrons. The highest BCUT2D eigenvalue weighted by atomic mass is 16.5. The number of hydrogen-bond donors (Lipinski definition) is 1. The van der Waals surface area contributed by atoms with Crippen LogP contribution in [0.4, 0.5) is 0 Å². The minimum absolute atomic E-state index is 0.0398. The van der Waals surface area contributed by atoms with Crippen LogP contribution >= 0.6 is 0 Å². The Morgan fingerprint density at radius 1 is 1.30 bits per heavy atom. The molecule has 0 unspecified atom stereocenters. The van der Waals surface area contributed by atoms with Gasteiger partial charge < -0.3 is 14.6 Å². The summed E-state index contributed by atoms with van der Waals surface area (Å²) in [6.45, 7) is 2.45. The molecule has 1 N–H and O–H groups in total. The van der Waals surface area contributed by atoms with Crippen molar-refractivity contribution in [1.82, 2.24) is 4.98 Å². The molecule has 0 saturated carbocycles. The molecule has 0 aliphatic heterocycles. The van der Waals surface area contributed by atoms with E-state index in [0.717, 1.165) is 25.7 Å². The number of rotatable bonds is 8. The van der Waals surface area contributed by atoms with Crippen LogP contribution in [0.5, 0.6) is 5.75 Å². The van der Waals surface area contributed by atoms with E-state index in [1.165, 1.54) is 19.4 Å². The second-order valence-corrected chi connectivity index (χ2v) is 4.28. The van der Waals surface area contributed by atoms with Crippen molar-refractivity contribution in [1.29, 1.82) is 0 Å². The van der Waals surface area contributed by atoms with Gasteiger partial charge in [-0.1, -0.05) is 26.2 Å². The topological polar surface area (TPSA) is 85.7 Å². The van der Waals surface area contributed by atoms with Crippen molar-refractivity contribution in [2.45, 2.75) is 32.6 Å². The lowest BCUT2D eigenvalue weighted by atomic mass is 10.2. The summed E-state index contributed by atoms with van der Waals surface area (Å²) in [4.78, 5) is 26.3. The number of pyridine rings is 1. The molecule has 0 saturated heterocycles. The predicted octanol–water partition coefficient (Wildman–Crippen LogP) is 2.53. The summed E-state index contributed by atoms with van der Waals surface area (Å²) in [5.41, 5.74) is -0.0469. The van der Waals surface area contributed by atoms with Gasteiger partial charge in [0.2, 0.25) is 0 Å². The van der Waals surface area contributed by atoms with Gasteiger partial charge in [0.05, 0.1) is 19.3 Å². The van der Waals surface area contributed by atoms with Crippen molar-refractivity contribution in [3.63, 3.8) is 0 Å². The maximum absolute atomic E-state index is 11.8. The molecule has 6 nitrogen and oxygen atoms in total. The van der Waals surface area contributed by atoms with Crippen molar-refractivity contribution in [3.05, 3.63) is 23.5 Å². The molecule has 1 aromatic rings. The van der Waals surface area contributed by atoms with Gasteiger partial charge in [-0.15, -0.1) is 0 Å². The molecular formula is C14H19NO5. The number of esters is 1. The molecule has 0 fully saturated rings. The fourth-order valence-corrected chi connectivity index (χ4v) is 1.65. The number of nitrogens with zero attached hydrogens (tertiary/aromatic N) is 1. The van der Waals surface area contributed by atoms with Gasteiger partial charge in [-0.05, 0) is 12.5 Å². The number of hydrogen-bond acceptors (Lipinski definition) is 5. The van der Waals surface area contributed by atoms with E-state index in [-0.39, 0.29) is 17.0 Å². The first-order chi connectivity index (χ1) is 9.60. The molecule has 6 heteroatoms. The van der Waals surface area contributed by atoms with E-state index in [2.05, 4.69) is 11.9 Å². The molecule has 0 aliphatic rings. The monoisotopic (exact) mass is 281 g/mol. The van der Waals surface area contributed by atoms with Crippen LogP contribution in [0, 0.1) is 0 Å². The second-order valence-electron chi connectivity index (χ2n) is 4.28. The summed E-state index contributed by atoms with van der Waals surface area (Å²) < 4.78 is 10.00. The Labute approximate surface area is 117 Å². The van der Waals surface area contributed by atoms with Gasteiger partial charge in [-0.25, -0.2) is 14.6 Å². The van der Waals surface area contributed by atoms with Gasteiger partial charge >= 0.3 is 11.9 Å². The Morgan fingerprint density at radius 3 is 2.65 bits per heavy atom. The van der Waals surface area contributed by atoms with Crippen LogP contribution in [0.2, 0.25) is 0 Å². The summed E-state index contributed by atoms with van der Waals surface area (Å²) in [5, 5.41) is 8.89. The van der Waals surface area contributed by atoms with Gasteiger partial charge in [-0.3, -0.25) is 0 Å². The molecule has 1 rings (SSSR count). The molecule has 0 bridgehead atoms. The fourth-order valence-electron chi connectivity index (χ4n) is 1.65. The molecule has 0 aromatic carbocycles. The maximum Gasteiger partial charge on any atom is 0.358 e. The Balaban J connectivity index is 2.62. The molecule has 0 aliphatic carbocycles. The zero-order chi connectivity index (χ0) is 15.0. The van der Waals surface area contributed by atoms with Crippen LogP contribution in [0.15, 0.2) is 12.3 Å². The Kier molecular flexibility index (Phi) is 6.49. The van der Waals surface area contributed by atoms with Gasteiger partial charge in [0.1, 0.15) is 0 Å². The van der Waals surface area contributed by atoms with Gasteiger partial charge in [0, 0.05) is 6.20 Å². The number of carbonyl (C=O) groups excluding carboxylic acids is 1. The zero-order valence-electron chi connectivity index (χ0n) is 11.7. The largest absolute Gasteiger partial charge is 0.494 e. The van der Waals surface area contributed by atoms with Crippen LogP contribution in [-0.2, 0) is 4.74 Å². The van der Waals surface area contributed by atoms with Crippen molar-refractivity contribution < 1.29 is 24.2 Å². The van der Waals surface area contributed by atoms with E-state index >= 15 is 0 Å². The Hall–Kier alpha value is -2.11. The standard InChI is InChI=1S/C14H19NO5/c1-3-4-5-6-7-20-14(18)10-8-11(19-2)12(13(16)17)15-9-10/h8-9H,3-7H2,1-2H3,(H,16,17). The van der Waals surface area contributed by atoms with Crippen LogP contribution in [0.1, 0.15) is 53.5 Å². The summed E-state index contributed by atoms with van der Waals surface area (Å²) in [7, 11) is 1.32. The summed E-state index contributed by atoms with van der Waals surface area (Å²) in [6.07, 6.45) is 5.24. The quantitative estimate of drug-likeness (QED) is 0.582. The smallest absolute Gasteiger partial charge is 0.358 e. The average molecular weight is 281 g/mol. The third kappa shape index (κ3) is 4.53. The number of ether oxygens (including phenoxy) is 2. The van der Waals surface area contributed by atoms with Crippen molar-refractivity contribution >= 4 is 11.9 Å². The minimum atomic E-state index is -1.21. The van der Waals surface area contributed by atoms with Crippen LogP contribution in [-0.4, -0.2) is 35.7 Å². The number of carbonyl (C=O) groups is 2. The lowest BCUT2D eigenvalue weighted by molar-refractivity contribution is 0.0495. The van der Waals surface area contributed by atoms with Crippen molar-refractivity contribution in [2.75, 3.05) is 13.7 Å². The molecule has 20 heavy (non-hydrogen) atoms. The zero-order valence-corrected chi connectivity index (χ0v) is 11.7. The van der Waals surface area contributed by atoms with Crippen molar-refractivity contribution in [3.8, 4) is 5.75 Å².